The summed E-state index contributed by atoms with van der Waals surface area (Å²) in [6.07, 6.45) is -39.1. The van der Waals surface area contributed by atoms with Crippen LogP contribution in [0.25, 0.3) is 0 Å². The highest BCUT2D eigenvalue weighted by Crippen LogP contribution is 2.56. The van der Waals surface area contributed by atoms with E-state index in [4.69, 9.17) is 0 Å². The summed E-state index contributed by atoms with van der Waals surface area (Å²) in [5.41, 5.74) is -0.676. The summed E-state index contributed by atoms with van der Waals surface area (Å²) in [7, 11) is -4.65. The van der Waals surface area contributed by atoms with Gasteiger partial charge in [0.15, 0.2) is 0 Å². The van der Waals surface area contributed by atoms with Crippen LogP contribution in [0.1, 0.15) is 11.4 Å². The van der Waals surface area contributed by atoms with Crippen molar-refractivity contribution in [3.05, 3.63) is 41.7 Å². The molecule has 0 saturated carbocycles. The average molecular weight is 756 g/mol. The maximum atomic E-state index is 14.8. The number of anilines is 2. The predicted octanol–water partition coefficient (Wildman–Crippen LogP) is 6.71. The van der Waals surface area contributed by atoms with E-state index in [0.29, 0.717) is 24.3 Å². The Hall–Kier alpha value is -3.75. The number of carbonyl (C=O) groups excluding carboxylic acids is 1. The number of hydrogen-bond acceptors (Lipinski definition) is 7. The number of amides is 1. The third-order valence-electron chi connectivity index (χ3n) is 5.29. The first kappa shape index (κ1) is 40.4. The lowest BCUT2D eigenvalue weighted by Gasteiger charge is -2.40. The fraction of sp³-hybridized carbons (Fsp3) is 0.476. The summed E-state index contributed by atoms with van der Waals surface area (Å²) in [5.74, 6) is -27.3. The Kier molecular flexibility index (Phi) is 10.4. The third-order valence-corrected chi connectivity index (χ3v) is 6.63. The summed E-state index contributed by atoms with van der Waals surface area (Å²) in [6.45, 7) is 2.86. The van der Waals surface area contributed by atoms with Crippen molar-refractivity contribution < 1.29 is 97.3 Å². The van der Waals surface area contributed by atoms with Gasteiger partial charge >= 0.3 is 48.4 Å². The molecule has 2 aromatic rings. The highest BCUT2D eigenvalue weighted by molar-refractivity contribution is 7.92. The number of aryl methyl sites for hydroxylation is 2. The Morgan fingerprint density at radius 1 is 0.667 bits per heavy atom. The molecule has 48 heavy (non-hydrogen) atoms. The summed E-state index contributed by atoms with van der Waals surface area (Å²) in [4.78, 5) is 18.7. The zero-order valence-electron chi connectivity index (χ0n) is 22.7. The lowest BCUT2D eigenvalue weighted by atomic mass is 10.2. The molecule has 2 unspecified atom stereocenters. The van der Waals surface area contributed by atoms with Crippen LogP contribution in [0, 0.1) is 13.8 Å². The summed E-state index contributed by atoms with van der Waals surface area (Å²) < 4.78 is 256. The molecule has 27 heteroatoms. The largest absolute Gasteiger partial charge is 0.462 e. The molecular weight excluding hydrogens is 743 g/mol. The minimum atomic E-state index is -8.16. The highest BCUT2D eigenvalue weighted by Gasteiger charge is 2.85. The second-order valence-electron chi connectivity index (χ2n) is 9.05. The number of aromatic nitrogens is 2. The number of ether oxygens (including phenoxy) is 2. The molecular formula is C21H13F17N4O5S. The van der Waals surface area contributed by atoms with Gasteiger partial charge in [-0.05, 0) is 44.2 Å². The predicted molar refractivity (Wildman–Crippen MR) is 120 cm³/mol. The van der Waals surface area contributed by atoms with E-state index >= 15 is 0 Å². The van der Waals surface area contributed by atoms with Gasteiger partial charge in [-0.15, -0.1) is 0 Å². The first-order valence-corrected chi connectivity index (χ1v) is 13.0. The maximum Gasteiger partial charge on any atom is 0.462 e. The molecule has 2 rings (SSSR count). The van der Waals surface area contributed by atoms with Crippen molar-refractivity contribution >= 4 is 27.6 Å². The van der Waals surface area contributed by atoms with Gasteiger partial charge in [-0.2, -0.15) is 74.6 Å². The van der Waals surface area contributed by atoms with E-state index in [9.17, 15) is 87.8 Å². The molecule has 0 aliphatic carbocycles. The van der Waals surface area contributed by atoms with E-state index in [1.165, 1.54) is 24.7 Å². The highest BCUT2D eigenvalue weighted by atomic mass is 32.2. The molecule has 272 valence electrons. The number of sulfonamides is 1. The number of carbonyl (C=O) groups is 1. The number of alkyl halides is 17. The number of nitrogens with zero attached hydrogens (tertiary/aromatic N) is 2. The molecule has 1 aromatic heterocycles. The summed E-state index contributed by atoms with van der Waals surface area (Å²) in [6, 6.07) is 2.86. The van der Waals surface area contributed by atoms with Gasteiger partial charge in [0.2, 0.25) is 5.95 Å². The van der Waals surface area contributed by atoms with Gasteiger partial charge in [-0.25, -0.2) is 23.1 Å². The standard InChI is InChI=1S/C21H13F17N4O5S/c1-8-7-9(2)40-13(39-8)42-48(44,45)11-5-3-10(4-6-11)41-12(43)14(22,17(26,27)28)46-21(37,38)16(25,19(32,33)34)47-20(35,36)15(23,24)18(29,30)31/h3-7H,1-2H3,(H,41,43)(H,39,40,42). The van der Waals surface area contributed by atoms with Crippen LogP contribution in [0.5, 0.6) is 0 Å². The fourth-order valence-electron chi connectivity index (χ4n) is 3.04. The molecule has 0 aliphatic rings. The van der Waals surface area contributed by atoms with Crippen molar-refractivity contribution in [3.63, 3.8) is 0 Å². The van der Waals surface area contributed by atoms with Crippen molar-refractivity contribution in [1.82, 2.24) is 9.97 Å². The Morgan fingerprint density at radius 3 is 1.52 bits per heavy atom. The van der Waals surface area contributed by atoms with Gasteiger partial charge < -0.3 is 5.32 Å². The minimum absolute atomic E-state index is 0.269. The Morgan fingerprint density at radius 2 is 1.12 bits per heavy atom. The molecule has 0 bridgehead atoms. The number of rotatable bonds is 11. The van der Waals surface area contributed by atoms with Crippen LogP contribution < -0.4 is 10.0 Å². The molecule has 1 aromatic carbocycles. The zero-order chi connectivity index (χ0) is 37.7. The maximum absolute atomic E-state index is 14.8. The molecule has 1 heterocycles. The second kappa shape index (κ2) is 12.3. The molecule has 0 saturated heterocycles. The Labute approximate surface area is 254 Å². The minimum Gasteiger partial charge on any atom is -0.321 e. The molecule has 1 amide bonds. The summed E-state index contributed by atoms with van der Waals surface area (Å²) in [5, 5.41) is 0.744. The quantitative estimate of drug-likeness (QED) is 0.245. The van der Waals surface area contributed by atoms with Gasteiger partial charge in [-0.3, -0.25) is 14.3 Å². The smallest absolute Gasteiger partial charge is 0.321 e. The zero-order valence-corrected chi connectivity index (χ0v) is 23.5. The Balaban J connectivity index is 2.47. The van der Waals surface area contributed by atoms with Crippen LogP contribution in [0.3, 0.4) is 0 Å². The normalized spacial score (nSPS) is 16.6. The molecule has 2 N–H and O–H groups in total. The van der Waals surface area contributed by atoms with Gasteiger partial charge in [0.25, 0.3) is 15.9 Å². The monoisotopic (exact) mass is 756 g/mol. The Bertz CT molecular complexity index is 1590. The average Bonchev–Trinajstić information content (AvgIpc) is 2.85. The lowest BCUT2D eigenvalue weighted by Crippen LogP contribution is -2.68. The number of hydrogen-bond donors (Lipinski definition) is 2. The molecule has 0 spiro atoms. The van der Waals surface area contributed by atoms with Gasteiger partial charge in [0.1, 0.15) is 0 Å². The van der Waals surface area contributed by atoms with Crippen LogP contribution in [0.4, 0.5) is 86.3 Å². The van der Waals surface area contributed by atoms with E-state index in [0.717, 1.165) is 5.32 Å². The number of benzene rings is 1. The molecule has 0 aliphatic heterocycles. The van der Waals surface area contributed by atoms with Crippen molar-refractivity contribution in [3.8, 4) is 0 Å². The van der Waals surface area contributed by atoms with Crippen LogP contribution in [0.2, 0.25) is 0 Å². The first-order valence-electron chi connectivity index (χ1n) is 11.5. The van der Waals surface area contributed by atoms with Crippen LogP contribution in [-0.2, 0) is 24.3 Å². The molecule has 2 atom stereocenters. The van der Waals surface area contributed by atoms with Crippen molar-refractivity contribution in [1.29, 1.82) is 0 Å². The fourth-order valence-corrected chi connectivity index (χ4v) is 3.99. The van der Waals surface area contributed by atoms with Gasteiger partial charge in [0, 0.05) is 17.1 Å². The van der Waals surface area contributed by atoms with Crippen molar-refractivity contribution in [2.75, 3.05) is 10.0 Å². The van der Waals surface area contributed by atoms with E-state index in [-0.39, 0.29) is 11.4 Å². The van der Waals surface area contributed by atoms with Crippen molar-refractivity contribution in [2.24, 2.45) is 0 Å². The topological polar surface area (TPSA) is 120 Å². The van der Waals surface area contributed by atoms with E-state index in [2.05, 4.69) is 9.97 Å². The molecule has 0 radical (unpaired) electrons. The van der Waals surface area contributed by atoms with Crippen LogP contribution in [0.15, 0.2) is 35.2 Å². The van der Waals surface area contributed by atoms with Crippen LogP contribution >= 0.6 is 0 Å². The second-order valence-corrected chi connectivity index (χ2v) is 10.7. The first-order chi connectivity index (χ1) is 21.1. The molecule has 0 fully saturated rings. The molecule has 9 nitrogen and oxygen atoms in total. The number of halogens is 17. The van der Waals surface area contributed by atoms with E-state index in [1.807, 2.05) is 9.46 Å². The summed E-state index contributed by atoms with van der Waals surface area (Å²) >= 11 is 0. The van der Waals surface area contributed by atoms with E-state index < -0.39 is 80.8 Å². The van der Waals surface area contributed by atoms with Gasteiger partial charge in [-0.1, -0.05) is 0 Å². The van der Waals surface area contributed by atoms with E-state index in [1.54, 1.807) is 0 Å². The number of nitrogens with one attached hydrogen (secondary N) is 2. The van der Waals surface area contributed by atoms with Gasteiger partial charge in [0.05, 0.1) is 4.90 Å². The van der Waals surface area contributed by atoms with Crippen LogP contribution in [-0.4, -0.2) is 72.7 Å². The lowest BCUT2D eigenvalue weighted by molar-refractivity contribution is -0.548. The third kappa shape index (κ3) is 7.76. The SMILES string of the molecule is Cc1cc(C)nc(NS(=O)(=O)c2ccc(NC(=O)C(F)(OC(F)(F)C(F)(OC(F)(F)C(F)(F)C(F)(F)F)C(F)(F)F)C(F)(F)F)cc2)n1. The van der Waals surface area contributed by atoms with Crippen molar-refractivity contribution in [2.45, 2.75) is 67.1 Å².